The van der Waals surface area contributed by atoms with Crippen LogP contribution in [0.4, 0.5) is 14.6 Å². The van der Waals surface area contributed by atoms with Crippen LogP contribution in [-0.4, -0.2) is 34.2 Å². The summed E-state index contributed by atoms with van der Waals surface area (Å²) >= 11 is 0. The van der Waals surface area contributed by atoms with Gasteiger partial charge in [0.25, 0.3) is 11.8 Å². The van der Waals surface area contributed by atoms with E-state index in [0.29, 0.717) is 5.69 Å². The Morgan fingerprint density at radius 3 is 2.74 bits per heavy atom. The molecular formula is C19H23F2N5O. The number of anilines is 1. The van der Waals surface area contributed by atoms with Crippen LogP contribution >= 0.6 is 0 Å². The highest BCUT2D eigenvalue weighted by Gasteiger charge is 2.40. The number of carbonyl (C=O) groups is 1. The number of nitrogens with one attached hydrogen (secondary N) is 1. The first kappa shape index (κ1) is 17.9. The zero-order valence-corrected chi connectivity index (χ0v) is 14.9. The highest BCUT2D eigenvalue weighted by atomic mass is 19.3. The van der Waals surface area contributed by atoms with E-state index >= 15 is 0 Å². The lowest BCUT2D eigenvalue weighted by atomic mass is 9.81. The van der Waals surface area contributed by atoms with Crippen LogP contribution in [0.2, 0.25) is 0 Å². The van der Waals surface area contributed by atoms with Gasteiger partial charge in [0.15, 0.2) is 0 Å². The van der Waals surface area contributed by atoms with E-state index < -0.39 is 17.9 Å². The fourth-order valence-electron chi connectivity index (χ4n) is 4.24. The Morgan fingerprint density at radius 1 is 1.33 bits per heavy atom. The maximum absolute atomic E-state index is 13.4. The van der Waals surface area contributed by atoms with Gasteiger partial charge < -0.3 is 16.8 Å². The summed E-state index contributed by atoms with van der Waals surface area (Å²) in [5.74, 6) is -3.16. The Morgan fingerprint density at radius 2 is 2.07 bits per heavy atom. The number of primary amides is 1. The van der Waals surface area contributed by atoms with E-state index in [-0.39, 0.29) is 36.8 Å². The fourth-order valence-corrected chi connectivity index (χ4v) is 4.24. The predicted octanol–water partition coefficient (Wildman–Crippen LogP) is 1.83. The van der Waals surface area contributed by atoms with Gasteiger partial charge in [-0.05, 0) is 30.4 Å². The molecule has 144 valence electrons. The molecule has 6 nitrogen and oxygen atoms in total. The van der Waals surface area contributed by atoms with Crippen LogP contribution in [0.15, 0.2) is 24.3 Å². The van der Waals surface area contributed by atoms with E-state index in [2.05, 4.69) is 22.5 Å². The second-order valence-corrected chi connectivity index (χ2v) is 7.54. The first-order chi connectivity index (χ1) is 12.8. The zero-order valence-electron chi connectivity index (χ0n) is 14.9. The number of nitrogens with zero attached hydrogens (tertiary/aromatic N) is 2. The Labute approximate surface area is 155 Å². The summed E-state index contributed by atoms with van der Waals surface area (Å²) in [6.07, 6.45) is 2.21. The Kier molecular flexibility index (Phi) is 4.38. The average Bonchev–Trinajstić information content (AvgIpc) is 3.14. The SMILES string of the molecule is NC(=O)c1c(C2CCc3ccccc3C2)nn(C[C@@H]2CC(F)(F)CN2)c1N. The molecule has 2 atom stereocenters. The number of hydrogen-bond donors (Lipinski definition) is 3. The smallest absolute Gasteiger partial charge is 0.261 e. The molecule has 1 aromatic heterocycles. The molecule has 27 heavy (non-hydrogen) atoms. The minimum absolute atomic E-state index is 0.0314. The van der Waals surface area contributed by atoms with Gasteiger partial charge in [-0.1, -0.05) is 24.3 Å². The molecule has 1 aliphatic carbocycles. The van der Waals surface area contributed by atoms with Gasteiger partial charge in [0.2, 0.25) is 0 Å². The maximum atomic E-state index is 13.4. The summed E-state index contributed by atoms with van der Waals surface area (Å²) in [6.45, 7) is -0.168. The Balaban J connectivity index is 1.62. The molecule has 0 saturated carbocycles. The van der Waals surface area contributed by atoms with E-state index in [1.807, 2.05) is 12.1 Å². The number of nitrogen functional groups attached to an aromatic ring is 1. The lowest BCUT2D eigenvalue weighted by molar-refractivity contribution is 0.0205. The van der Waals surface area contributed by atoms with E-state index in [0.717, 1.165) is 19.3 Å². The fraction of sp³-hybridized carbons (Fsp3) is 0.474. The van der Waals surface area contributed by atoms with Crippen LogP contribution in [0, 0.1) is 0 Å². The third-order valence-corrected chi connectivity index (χ3v) is 5.59. The molecule has 1 aliphatic heterocycles. The van der Waals surface area contributed by atoms with Crippen molar-refractivity contribution in [1.29, 1.82) is 0 Å². The minimum atomic E-state index is -2.73. The van der Waals surface area contributed by atoms with Crippen molar-refractivity contribution in [3.05, 3.63) is 46.6 Å². The van der Waals surface area contributed by atoms with E-state index in [1.165, 1.54) is 15.8 Å². The van der Waals surface area contributed by atoms with Crippen molar-refractivity contribution >= 4 is 11.7 Å². The summed E-state index contributed by atoms with van der Waals surface area (Å²) in [5, 5.41) is 7.34. The van der Waals surface area contributed by atoms with Crippen molar-refractivity contribution in [2.24, 2.45) is 5.73 Å². The molecule has 2 aliphatic rings. The number of alkyl halides is 2. The maximum Gasteiger partial charge on any atom is 0.261 e. The molecular weight excluding hydrogens is 352 g/mol. The average molecular weight is 375 g/mol. The summed E-state index contributed by atoms with van der Waals surface area (Å²) in [6, 6.07) is 7.76. The molecule has 1 fully saturated rings. The van der Waals surface area contributed by atoms with Crippen LogP contribution in [0.1, 0.15) is 45.9 Å². The summed E-state index contributed by atoms with van der Waals surface area (Å²) in [4.78, 5) is 12.0. The van der Waals surface area contributed by atoms with Gasteiger partial charge in [-0.2, -0.15) is 5.10 Å². The van der Waals surface area contributed by atoms with Gasteiger partial charge in [0, 0.05) is 18.4 Å². The summed E-state index contributed by atoms with van der Waals surface area (Å²) in [5.41, 5.74) is 15.1. The number of halogens is 2. The molecule has 1 saturated heterocycles. The third kappa shape index (κ3) is 3.41. The van der Waals surface area contributed by atoms with Gasteiger partial charge in [-0.15, -0.1) is 0 Å². The molecule has 1 amide bonds. The second-order valence-electron chi connectivity index (χ2n) is 7.54. The third-order valence-electron chi connectivity index (χ3n) is 5.59. The number of carbonyl (C=O) groups excluding carboxylic acids is 1. The molecule has 8 heteroatoms. The largest absolute Gasteiger partial charge is 0.383 e. The first-order valence-corrected chi connectivity index (χ1v) is 9.18. The topological polar surface area (TPSA) is 99.0 Å². The molecule has 0 bridgehead atoms. The van der Waals surface area contributed by atoms with Crippen LogP contribution in [0.25, 0.3) is 0 Å². The van der Waals surface area contributed by atoms with Crippen molar-refractivity contribution < 1.29 is 13.6 Å². The monoisotopic (exact) mass is 375 g/mol. The molecule has 2 heterocycles. The quantitative estimate of drug-likeness (QED) is 0.759. The van der Waals surface area contributed by atoms with Gasteiger partial charge in [0.1, 0.15) is 11.4 Å². The van der Waals surface area contributed by atoms with E-state index in [1.54, 1.807) is 0 Å². The molecule has 0 spiro atoms. The Hall–Kier alpha value is -2.48. The highest BCUT2D eigenvalue weighted by molar-refractivity contribution is 5.98. The number of amides is 1. The van der Waals surface area contributed by atoms with Crippen molar-refractivity contribution in [1.82, 2.24) is 15.1 Å². The number of aromatic nitrogens is 2. The number of nitrogens with two attached hydrogens (primary N) is 2. The standard InChI is InChI=1S/C19H23F2N5O/c20-19(21)8-14(24-10-19)9-26-17(22)15(18(23)27)16(25-26)13-6-5-11-3-1-2-4-12(11)7-13/h1-4,13-14,24H,5-10,22H2,(H2,23,27)/t13?,14-/m0/s1. The first-order valence-electron chi connectivity index (χ1n) is 9.18. The van der Waals surface area contributed by atoms with Crippen molar-refractivity contribution in [2.45, 2.75) is 50.1 Å². The van der Waals surface area contributed by atoms with Gasteiger partial charge >= 0.3 is 0 Å². The van der Waals surface area contributed by atoms with E-state index in [9.17, 15) is 13.6 Å². The zero-order chi connectivity index (χ0) is 19.2. The lowest BCUT2D eigenvalue weighted by Gasteiger charge is -2.23. The van der Waals surface area contributed by atoms with Crippen LogP contribution in [-0.2, 0) is 19.4 Å². The normalized spacial score (nSPS) is 23.9. The number of fused-ring (bicyclic) bond motifs is 1. The number of rotatable bonds is 4. The summed E-state index contributed by atoms with van der Waals surface area (Å²) in [7, 11) is 0. The molecule has 1 unspecified atom stereocenters. The van der Waals surface area contributed by atoms with Crippen LogP contribution in [0.5, 0.6) is 0 Å². The Bertz CT molecular complexity index is 879. The van der Waals surface area contributed by atoms with Crippen LogP contribution < -0.4 is 16.8 Å². The predicted molar refractivity (Wildman–Crippen MR) is 97.7 cm³/mol. The minimum Gasteiger partial charge on any atom is -0.383 e. The van der Waals surface area contributed by atoms with Crippen LogP contribution in [0.3, 0.4) is 0 Å². The number of hydrogen-bond acceptors (Lipinski definition) is 4. The lowest BCUT2D eigenvalue weighted by Crippen LogP contribution is -2.28. The second kappa shape index (κ2) is 6.60. The van der Waals surface area contributed by atoms with Gasteiger partial charge in [-0.25, -0.2) is 13.5 Å². The van der Waals surface area contributed by atoms with E-state index in [4.69, 9.17) is 11.5 Å². The van der Waals surface area contributed by atoms with Gasteiger partial charge in [0.05, 0.1) is 18.8 Å². The van der Waals surface area contributed by atoms with Crippen molar-refractivity contribution in [2.75, 3.05) is 12.3 Å². The molecule has 4 rings (SSSR count). The summed E-state index contributed by atoms with van der Waals surface area (Å²) < 4.78 is 28.3. The highest BCUT2D eigenvalue weighted by Crippen LogP contribution is 2.35. The molecule has 2 aromatic rings. The van der Waals surface area contributed by atoms with Crippen molar-refractivity contribution in [3.8, 4) is 0 Å². The molecule has 1 aromatic carbocycles. The van der Waals surface area contributed by atoms with Crippen molar-refractivity contribution in [3.63, 3.8) is 0 Å². The molecule has 5 N–H and O–H groups in total. The number of aryl methyl sites for hydroxylation is 1. The van der Waals surface area contributed by atoms with Gasteiger partial charge in [-0.3, -0.25) is 4.79 Å². The number of benzene rings is 1. The molecule has 0 radical (unpaired) electrons.